The van der Waals surface area contributed by atoms with Crippen LogP contribution < -0.4 is 0 Å². The molecule has 0 atom stereocenters. The third-order valence-corrected chi connectivity index (χ3v) is 4.75. The number of rotatable bonds is 6. The summed E-state index contributed by atoms with van der Waals surface area (Å²) in [7, 11) is 3.63. The minimum atomic E-state index is -0.931. The summed E-state index contributed by atoms with van der Waals surface area (Å²) in [6, 6.07) is 7.03. The predicted molar refractivity (Wildman–Crippen MR) is 87.5 cm³/mol. The fourth-order valence-corrected chi connectivity index (χ4v) is 3.11. The lowest BCUT2D eigenvalue weighted by molar-refractivity contribution is -0.133. The molecular weight excluding hydrogens is 294 g/mol. The highest BCUT2D eigenvalue weighted by atomic mass is 16.5. The number of nitrogens with zero attached hydrogens (tertiary/aromatic N) is 1. The van der Waals surface area contributed by atoms with Crippen molar-refractivity contribution in [2.24, 2.45) is 0 Å². The van der Waals surface area contributed by atoms with Crippen LogP contribution in [0.25, 0.3) is 0 Å². The quantitative estimate of drug-likeness (QED) is 0.875. The number of aryl methyl sites for hydroxylation is 1. The number of hydrogen-bond donors (Lipinski definition) is 1. The molecule has 1 fully saturated rings. The van der Waals surface area contributed by atoms with Gasteiger partial charge in [0.2, 0.25) is 5.91 Å². The van der Waals surface area contributed by atoms with Crippen LogP contribution in [0.5, 0.6) is 0 Å². The predicted octanol–water partition coefficient (Wildman–Crippen LogP) is 2.73. The van der Waals surface area contributed by atoms with E-state index >= 15 is 0 Å². The van der Waals surface area contributed by atoms with Crippen LogP contribution in [-0.2, 0) is 16.0 Å². The fraction of sp³-hybridized carbons (Fsp3) is 0.556. The molecule has 1 N–H and O–H groups in total. The van der Waals surface area contributed by atoms with Gasteiger partial charge in [-0.05, 0) is 49.8 Å². The fourth-order valence-electron chi connectivity index (χ4n) is 3.11. The second kappa shape index (κ2) is 8.11. The highest BCUT2D eigenvalue weighted by molar-refractivity contribution is 5.87. The maximum atomic E-state index is 12.3. The van der Waals surface area contributed by atoms with Crippen molar-refractivity contribution in [3.63, 3.8) is 0 Å². The molecule has 1 aliphatic carbocycles. The first kappa shape index (κ1) is 17.5. The Morgan fingerprint density at radius 2 is 1.78 bits per heavy atom. The molecule has 1 saturated carbocycles. The number of amides is 1. The standard InChI is InChI=1S/C18H25NO4/c1-19(15-8-10-16(23-2)11-9-15)17(20)12-5-13-3-6-14(7-4-13)18(21)22/h3-4,6-7,15-16H,5,8-12H2,1-2H3,(H,21,22). The molecular formula is C18H25NO4. The summed E-state index contributed by atoms with van der Waals surface area (Å²) in [5, 5.41) is 8.88. The van der Waals surface area contributed by atoms with Gasteiger partial charge in [0.15, 0.2) is 0 Å². The molecule has 1 aromatic carbocycles. The summed E-state index contributed by atoms with van der Waals surface area (Å²) in [6.07, 6.45) is 5.43. The topological polar surface area (TPSA) is 66.8 Å². The van der Waals surface area contributed by atoms with Crippen LogP contribution >= 0.6 is 0 Å². The number of carbonyl (C=O) groups is 2. The van der Waals surface area contributed by atoms with Crippen LogP contribution in [0.2, 0.25) is 0 Å². The Labute approximate surface area is 137 Å². The lowest BCUT2D eigenvalue weighted by Gasteiger charge is -2.34. The van der Waals surface area contributed by atoms with Crippen LogP contribution in [0.4, 0.5) is 0 Å². The van der Waals surface area contributed by atoms with Gasteiger partial charge in [0.1, 0.15) is 0 Å². The Bertz CT molecular complexity index is 532. The number of methoxy groups -OCH3 is 1. The van der Waals surface area contributed by atoms with Gasteiger partial charge in [-0.25, -0.2) is 4.79 Å². The number of ether oxygens (including phenoxy) is 1. The molecule has 0 heterocycles. The number of aromatic carboxylic acids is 1. The van der Waals surface area contributed by atoms with Crippen molar-refractivity contribution in [1.82, 2.24) is 4.90 Å². The maximum Gasteiger partial charge on any atom is 0.335 e. The minimum Gasteiger partial charge on any atom is -0.478 e. The van der Waals surface area contributed by atoms with E-state index in [2.05, 4.69) is 0 Å². The lowest BCUT2D eigenvalue weighted by atomic mass is 9.92. The first-order valence-corrected chi connectivity index (χ1v) is 8.12. The molecule has 0 bridgehead atoms. The molecule has 0 spiro atoms. The van der Waals surface area contributed by atoms with Gasteiger partial charge in [-0.1, -0.05) is 12.1 Å². The Morgan fingerprint density at radius 3 is 2.30 bits per heavy atom. The molecule has 0 radical (unpaired) electrons. The van der Waals surface area contributed by atoms with E-state index < -0.39 is 5.97 Å². The van der Waals surface area contributed by atoms with Crippen LogP contribution in [0, 0.1) is 0 Å². The lowest BCUT2D eigenvalue weighted by Crippen LogP contribution is -2.40. The van der Waals surface area contributed by atoms with E-state index in [0.29, 0.717) is 25.0 Å². The molecule has 0 unspecified atom stereocenters. The van der Waals surface area contributed by atoms with Gasteiger partial charge in [-0.3, -0.25) is 4.79 Å². The minimum absolute atomic E-state index is 0.146. The third kappa shape index (κ3) is 4.79. The molecule has 2 rings (SSSR count). The van der Waals surface area contributed by atoms with Gasteiger partial charge in [0.05, 0.1) is 11.7 Å². The summed E-state index contributed by atoms with van der Waals surface area (Å²) in [6.45, 7) is 0. The summed E-state index contributed by atoms with van der Waals surface area (Å²) in [5.74, 6) is -0.785. The van der Waals surface area contributed by atoms with Crippen molar-refractivity contribution in [3.05, 3.63) is 35.4 Å². The average Bonchev–Trinajstić information content (AvgIpc) is 2.59. The van der Waals surface area contributed by atoms with Gasteiger partial charge in [0.25, 0.3) is 0 Å². The van der Waals surface area contributed by atoms with E-state index in [9.17, 15) is 9.59 Å². The molecule has 5 nitrogen and oxygen atoms in total. The van der Waals surface area contributed by atoms with Gasteiger partial charge in [-0.15, -0.1) is 0 Å². The van der Waals surface area contributed by atoms with Crippen molar-refractivity contribution in [2.75, 3.05) is 14.2 Å². The largest absolute Gasteiger partial charge is 0.478 e. The molecule has 0 aliphatic heterocycles. The van der Waals surface area contributed by atoms with Crippen LogP contribution in [0.15, 0.2) is 24.3 Å². The average molecular weight is 319 g/mol. The smallest absolute Gasteiger partial charge is 0.335 e. The number of carbonyl (C=O) groups excluding carboxylic acids is 1. The van der Waals surface area contributed by atoms with Crippen molar-refractivity contribution < 1.29 is 19.4 Å². The van der Waals surface area contributed by atoms with Crippen molar-refractivity contribution >= 4 is 11.9 Å². The van der Waals surface area contributed by atoms with Gasteiger partial charge >= 0.3 is 5.97 Å². The summed E-state index contributed by atoms with van der Waals surface area (Å²) in [4.78, 5) is 25.0. The SMILES string of the molecule is COC1CCC(N(C)C(=O)CCc2ccc(C(=O)O)cc2)CC1. The van der Waals surface area contributed by atoms with Crippen molar-refractivity contribution in [1.29, 1.82) is 0 Å². The maximum absolute atomic E-state index is 12.3. The molecule has 1 amide bonds. The zero-order valence-electron chi connectivity index (χ0n) is 13.8. The number of hydrogen-bond acceptors (Lipinski definition) is 3. The normalized spacial score (nSPS) is 21.0. The van der Waals surface area contributed by atoms with Crippen molar-refractivity contribution in [2.45, 2.75) is 50.7 Å². The molecule has 126 valence electrons. The van der Waals surface area contributed by atoms with E-state index in [-0.39, 0.29) is 11.5 Å². The summed E-state index contributed by atoms with van der Waals surface area (Å²) in [5.41, 5.74) is 1.26. The Balaban J connectivity index is 1.81. The molecule has 5 heteroatoms. The highest BCUT2D eigenvalue weighted by Crippen LogP contribution is 2.24. The first-order chi connectivity index (χ1) is 11.0. The second-order valence-electron chi connectivity index (χ2n) is 6.17. The highest BCUT2D eigenvalue weighted by Gasteiger charge is 2.26. The van der Waals surface area contributed by atoms with E-state index in [4.69, 9.17) is 9.84 Å². The van der Waals surface area contributed by atoms with Gasteiger partial charge in [-0.2, -0.15) is 0 Å². The molecule has 1 aromatic rings. The Hall–Kier alpha value is -1.88. The van der Waals surface area contributed by atoms with E-state index in [1.54, 1.807) is 31.4 Å². The number of carboxylic acids is 1. The van der Waals surface area contributed by atoms with Gasteiger partial charge < -0.3 is 14.7 Å². The third-order valence-electron chi connectivity index (χ3n) is 4.75. The van der Waals surface area contributed by atoms with Crippen LogP contribution in [0.3, 0.4) is 0 Å². The van der Waals surface area contributed by atoms with Crippen LogP contribution in [0.1, 0.15) is 48.0 Å². The first-order valence-electron chi connectivity index (χ1n) is 8.12. The molecule has 1 aliphatic rings. The molecule has 0 aromatic heterocycles. The zero-order valence-corrected chi connectivity index (χ0v) is 13.8. The molecule has 0 saturated heterocycles. The van der Waals surface area contributed by atoms with Crippen LogP contribution in [-0.4, -0.2) is 48.2 Å². The summed E-state index contributed by atoms with van der Waals surface area (Å²) >= 11 is 0. The van der Waals surface area contributed by atoms with Gasteiger partial charge in [0, 0.05) is 26.6 Å². The van der Waals surface area contributed by atoms with E-state index in [1.807, 2.05) is 11.9 Å². The monoisotopic (exact) mass is 319 g/mol. The van der Waals surface area contributed by atoms with Crippen molar-refractivity contribution in [3.8, 4) is 0 Å². The second-order valence-corrected chi connectivity index (χ2v) is 6.17. The number of carboxylic acid groups (broad SMARTS) is 1. The van der Waals surface area contributed by atoms with E-state index in [1.165, 1.54) is 0 Å². The molecule has 23 heavy (non-hydrogen) atoms. The Kier molecular flexibility index (Phi) is 6.16. The number of benzene rings is 1. The summed E-state index contributed by atoms with van der Waals surface area (Å²) < 4.78 is 5.37. The van der Waals surface area contributed by atoms with E-state index in [0.717, 1.165) is 31.2 Å². The Morgan fingerprint density at radius 1 is 1.17 bits per heavy atom. The zero-order chi connectivity index (χ0) is 16.8.